The largest absolute Gasteiger partial charge is 0.508 e. The van der Waals surface area contributed by atoms with Crippen molar-refractivity contribution in [2.24, 2.45) is 0 Å². The first-order chi connectivity index (χ1) is 16.0. The standard InChI is InChI=1S/C21H22O13/c22-5-12-14(27)16(29)18(31)21(33-12)34-20-9(25)1-6(2-10(20)26)19-17(30)15(28)13-8(24)3-7(23)4-11(13)32-19/h1-4,12,14,16-19,21-27,29-31H,5H2/t12-,14-,16+,17+,18-,19+,21-/m1/s1. The molecule has 0 spiro atoms. The minimum Gasteiger partial charge on any atom is -0.508 e. The van der Waals surface area contributed by atoms with Crippen LogP contribution in [0.3, 0.4) is 0 Å². The third-order valence-electron chi connectivity index (χ3n) is 5.60. The predicted molar refractivity (Wildman–Crippen MR) is 108 cm³/mol. The minimum atomic E-state index is -1.85. The summed E-state index contributed by atoms with van der Waals surface area (Å²) >= 11 is 0. The molecule has 0 amide bonds. The van der Waals surface area contributed by atoms with Crippen LogP contribution in [0.1, 0.15) is 22.0 Å². The minimum absolute atomic E-state index is 0.0921. The van der Waals surface area contributed by atoms with Gasteiger partial charge in [0.1, 0.15) is 47.2 Å². The molecule has 34 heavy (non-hydrogen) atoms. The molecule has 2 aromatic carbocycles. The number of hydrogen-bond acceptors (Lipinski definition) is 13. The van der Waals surface area contributed by atoms with E-state index in [0.717, 1.165) is 24.3 Å². The maximum atomic E-state index is 12.6. The number of aliphatic hydroxyl groups excluding tert-OH is 5. The molecule has 1 fully saturated rings. The molecule has 184 valence electrons. The van der Waals surface area contributed by atoms with E-state index in [0.29, 0.717) is 0 Å². The van der Waals surface area contributed by atoms with Crippen molar-refractivity contribution >= 4 is 5.78 Å². The number of phenols is 4. The van der Waals surface area contributed by atoms with Gasteiger partial charge in [-0.25, -0.2) is 0 Å². The number of benzene rings is 2. The molecule has 13 heteroatoms. The molecule has 0 unspecified atom stereocenters. The number of rotatable bonds is 4. The Hall–Kier alpha value is -3.33. The van der Waals surface area contributed by atoms with Gasteiger partial charge >= 0.3 is 0 Å². The Morgan fingerprint density at radius 3 is 2.12 bits per heavy atom. The third kappa shape index (κ3) is 3.94. The molecule has 7 atom stereocenters. The van der Waals surface area contributed by atoms with Crippen LogP contribution in [0.2, 0.25) is 0 Å². The molecule has 0 bridgehead atoms. The van der Waals surface area contributed by atoms with Crippen molar-refractivity contribution in [3.8, 4) is 34.5 Å². The van der Waals surface area contributed by atoms with Crippen molar-refractivity contribution in [2.45, 2.75) is 42.9 Å². The molecule has 0 aromatic heterocycles. The summed E-state index contributed by atoms with van der Waals surface area (Å²) in [5.74, 6) is -4.26. The summed E-state index contributed by atoms with van der Waals surface area (Å²) in [5, 5.41) is 89.9. The maximum absolute atomic E-state index is 12.6. The van der Waals surface area contributed by atoms with E-state index < -0.39 is 84.1 Å². The van der Waals surface area contributed by atoms with Gasteiger partial charge in [-0.3, -0.25) is 4.79 Å². The molecule has 4 rings (SSSR count). The normalized spacial score (nSPS) is 31.0. The molecule has 1 saturated heterocycles. The van der Waals surface area contributed by atoms with E-state index in [1.54, 1.807) is 0 Å². The summed E-state index contributed by atoms with van der Waals surface area (Å²) in [7, 11) is 0. The second-order valence-corrected chi connectivity index (χ2v) is 7.89. The number of carbonyl (C=O) groups excluding carboxylic acids is 1. The molecule has 13 nitrogen and oxygen atoms in total. The Morgan fingerprint density at radius 2 is 1.50 bits per heavy atom. The lowest BCUT2D eigenvalue weighted by Crippen LogP contribution is -2.60. The van der Waals surface area contributed by atoms with Crippen LogP contribution in [0.25, 0.3) is 0 Å². The quantitative estimate of drug-likeness (QED) is 0.239. The lowest BCUT2D eigenvalue weighted by molar-refractivity contribution is -0.277. The van der Waals surface area contributed by atoms with Crippen molar-refractivity contribution in [3.05, 3.63) is 35.4 Å². The van der Waals surface area contributed by atoms with Crippen LogP contribution in [0.4, 0.5) is 0 Å². The van der Waals surface area contributed by atoms with E-state index in [4.69, 9.17) is 14.2 Å². The van der Waals surface area contributed by atoms with Crippen molar-refractivity contribution < 1.29 is 65.0 Å². The van der Waals surface area contributed by atoms with E-state index in [1.807, 2.05) is 0 Å². The van der Waals surface area contributed by atoms with Crippen LogP contribution >= 0.6 is 0 Å². The summed E-state index contributed by atoms with van der Waals surface area (Å²) in [6.45, 7) is -0.723. The van der Waals surface area contributed by atoms with Gasteiger partial charge in [-0.15, -0.1) is 0 Å². The topological polar surface area (TPSA) is 227 Å². The SMILES string of the molecule is O=C1c2c(O)cc(O)cc2O[C@@H](c2cc(O)c(O[C@H]3O[C@H](CO)[C@@H](O)[C@H](O)[C@H]3O)c(O)c2)[C@H]1O. The molecule has 2 aliphatic rings. The van der Waals surface area contributed by atoms with Crippen LogP contribution in [0.15, 0.2) is 24.3 Å². The van der Waals surface area contributed by atoms with Gasteiger partial charge in [-0.1, -0.05) is 0 Å². The van der Waals surface area contributed by atoms with Gasteiger partial charge in [0.2, 0.25) is 17.8 Å². The third-order valence-corrected chi connectivity index (χ3v) is 5.60. The summed E-state index contributed by atoms with van der Waals surface area (Å²) in [5.41, 5.74) is -0.442. The highest BCUT2D eigenvalue weighted by molar-refractivity contribution is 6.05. The maximum Gasteiger partial charge on any atom is 0.229 e. The number of ether oxygens (including phenoxy) is 3. The highest BCUT2D eigenvalue weighted by Crippen LogP contribution is 2.45. The van der Waals surface area contributed by atoms with Crippen LogP contribution in [0.5, 0.6) is 34.5 Å². The highest BCUT2D eigenvalue weighted by Gasteiger charge is 2.45. The van der Waals surface area contributed by atoms with Crippen LogP contribution in [-0.4, -0.2) is 95.2 Å². The number of aliphatic hydroxyl groups is 5. The second kappa shape index (κ2) is 8.79. The lowest BCUT2D eigenvalue weighted by atomic mass is 9.92. The molecule has 2 aliphatic heterocycles. The average Bonchev–Trinajstić information content (AvgIpc) is 2.77. The zero-order valence-electron chi connectivity index (χ0n) is 17.2. The Labute approximate surface area is 190 Å². The van der Waals surface area contributed by atoms with Crippen molar-refractivity contribution in [1.82, 2.24) is 0 Å². The molecular formula is C21H22O13. The summed E-state index contributed by atoms with van der Waals surface area (Å²) in [6, 6.07) is 3.90. The fourth-order valence-electron chi connectivity index (χ4n) is 3.85. The van der Waals surface area contributed by atoms with E-state index in [1.165, 1.54) is 0 Å². The zero-order chi connectivity index (χ0) is 24.9. The summed E-state index contributed by atoms with van der Waals surface area (Å²) in [4.78, 5) is 12.6. The van der Waals surface area contributed by atoms with Crippen molar-refractivity contribution in [1.29, 1.82) is 0 Å². The molecular weight excluding hydrogens is 460 g/mol. The van der Waals surface area contributed by atoms with Gasteiger partial charge in [0.15, 0.2) is 23.7 Å². The first kappa shape index (κ1) is 23.8. The van der Waals surface area contributed by atoms with Gasteiger partial charge in [0, 0.05) is 17.7 Å². The van der Waals surface area contributed by atoms with Crippen LogP contribution in [-0.2, 0) is 4.74 Å². The summed E-state index contributed by atoms with van der Waals surface area (Å²) < 4.78 is 16.0. The smallest absolute Gasteiger partial charge is 0.229 e. The Bertz CT molecular complexity index is 1080. The van der Waals surface area contributed by atoms with E-state index >= 15 is 0 Å². The average molecular weight is 482 g/mol. The predicted octanol–water partition coefficient (Wildman–Crippen LogP) is -1.64. The van der Waals surface area contributed by atoms with Gasteiger partial charge < -0.3 is 60.2 Å². The molecule has 0 saturated carbocycles. The van der Waals surface area contributed by atoms with Crippen LogP contribution in [0, 0.1) is 0 Å². The van der Waals surface area contributed by atoms with Gasteiger partial charge in [0.25, 0.3) is 0 Å². The number of aromatic hydroxyl groups is 4. The van der Waals surface area contributed by atoms with Crippen LogP contribution < -0.4 is 9.47 Å². The first-order valence-electron chi connectivity index (χ1n) is 10.0. The van der Waals surface area contributed by atoms with E-state index in [-0.39, 0.29) is 16.9 Å². The Morgan fingerprint density at radius 1 is 0.853 bits per heavy atom. The number of fused-ring (bicyclic) bond motifs is 1. The zero-order valence-corrected chi connectivity index (χ0v) is 17.2. The fraction of sp³-hybridized carbons (Fsp3) is 0.381. The van der Waals surface area contributed by atoms with Gasteiger partial charge in [-0.05, 0) is 12.1 Å². The van der Waals surface area contributed by atoms with Gasteiger partial charge in [-0.2, -0.15) is 0 Å². The molecule has 0 radical (unpaired) electrons. The van der Waals surface area contributed by atoms with Crippen molar-refractivity contribution in [2.75, 3.05) is 6.61 Å². The molecule has 0 aliphatic carbocycles. The fourth-order valence-corrected chi connectivity index (χ4v) is 3.85. The number of phenolic OH excluding ortho intramolecular Hbond substituents is 4. The lowest BCUT2D eigenvalue weighted by Gasteiger charge is -2.39. The number of Topliss-reactive ketones (excluding diaryl/α,β-unsaturated/α-hetero) is 1. The Kier molecular flexibility index (Phi) is 6.16. The second-order valence-electron chi connectivity index (χ2n) is 7.89. The Balaban J connectivity index is 1.62. The molecule has 2 heterocycles. The van der Waals surface area contributed by atoms with Gasteiger partial charge in [0.05, 0.1) is 6.61 Å². The van der Waals surface area contributed by atoms with E-state index in [2.05, 4.69) is 0 Å². The number of hydrogen-bond donors (Lipinski definition) is 9. The monoisotopic (exact) mass is 482 g/mol. The summed E-state index contributed by atoms with van der Waals surface area (Å²) in [6.07, 6.45) is -11.5. The first-order valence-corrected chi connectivity index (χ1v) is 10.0. The van der Waals surface area contributed by atoms with E-state index in [9.17, 15) is 50.8 Å². The number of ketones is 1. The highest BCUT2D eigenvalue weighted by atomic mass is 16.7. The molecule has 9 N–H and O–H groups in total. The molecule has 2 aromatic rings. The number of carbonyl (C=O) groups is 1. The van der Waals surface area contributed by atoms with Crippen molar-refractivity contribution in [3.63, 3.8) is 0 Å².